The number of thiophene rings is 1. The summed E-state index contributed by atoms with van der Waals surface area (Å²) in [5.41, 5.74) is 2.25. The number of hydrogen-bond donors (Lipinski definition) is 1. The van der Waals surface area contributed by atoms with Crippen LogP contribution in [0.2, 0.25) is 0 Å². The van der Waals surface area contributed by atoms with Gasteiger partial charge in [-0.05, 0) is 49.8 Å². The lowest BCUT2D eigenvalue weighted by Gasteiger charge is -2.33. The molecule has 2 aromatic rings. The van der Waals surface area contributed by atoms with Crippen LogP contribution in [0.3, 0.4) is 0 Å². The highest BCUT2D eigenvalue weighted by atomic mass is 32.1. The number of carbonyl (C=O) groups excluding carboxylic acids is 1. The first-order valence-electron chi connectivity index (χ1n) is 8.20. The summed E-state index contributed by atoms with van der Waals surface area (Å²) in [6.45, 7) is 4.62. The van der Waals surface area contributed by atoms with E-state index in [1.54, 1.807) is 11.3 Å². The number of amides is 1. The summed E-state index contributed by atoms with van der Waals surface area (Å²) in [5.74, 6) is 0.365. The largest absolute Gasteiger partial charge is 0.371 e. The molecule has 0 saturated carbocycles. The lowest BCUT2D eigenvalue weighted by atomic mass is 9.95. The molecule has 3 heterocycles. The first-order valence-corrected chi connectivity index (χ1v) is 9.08. The number of piperidine rings is 1. The summed E-state index contributed by atoms with van der Waals surface area (Å²) in [4.78, 5) is 20.2. The minimum absolute atomic E-state index is 0.150. The molecule has 1 N–H and O–H groups in total. The maximum absolute atomic E-state index is 12.3. The van der Waals surface area contributed by atoms with E-state index in [1.807, 2.05) is 13.1 Å². The molecule has 0 aromatic carbocycles. The number of nitrogens with one attached hydrogen (secondary N) is 1. The third-order valence-corrected chi connectivity index (χ3v) is 5.30. The topological polar surface area (TPSA) is 45.2 Å². The second-order valence-corrected chi connectivity index (χ2v) is 7.07. The lowest BCUT2D eigenvalue weighted by molar-refractivity contribution is -0.125. The number of pyridine rings is 1. The maximum Gasteiger partial charge on any atom is 0.223 e. The Labute approximate surface area is 141 Å². The van der Waals surface area contributed by atoms with Gasteiger partial charge in [-0.15, -0.1) is 11.3 Å². The molecule has 4 nitrogen and oxygen atoms in total. The van der Waals surface area contributed by atoms with Gasteiger partial charge in [0.2, 0.25) is 5.91 Å². The summed E-state index contributed by atoms with van der Waals surface area (Å²) >= 11 is 1.75. The molecule has 122 valence electrons. The number of hydrogen-bond acceptors (Lipinski definition) is 4. The van der Waals surface area contributed by atoms with Gasteiger partial charge in [-0.2, -0.15) is 0 Å². The molecule has 1 fully saturated rings. The van der Waals surface area contributed by atoms with Crippen LogP contribution >= 0.6 is 11.3 Å². The first kappa shape index (κ1) is 16.0. The zero-order chi connectivity index (χ0) is 16.1. The van der Waals surface area contributed by atoms with Crippen molar-refractivity contribution < 1.29 is 4.79 Å². The van der Waals surface area contributed by atoms with Crippen LogP contribution < -0.4 is 10.2 Å². The Morgan fingerprint density at radius 1 is 1.39 bits per heavy atom. The van der Waals surface area contributed by atoms with Crippen molar-refractivity contribution in [1.82, 2.24) is 10.3 Å². The molecular formula is C18H23N3OS. The van der Waals surface area contributed by atoms with Crippen LogP contribution in [0, 0.1) is 12.8 Å². The molecule has 1 saturated heterocycles. The van der Waals surface area contributed by atoms with Crippen molar-refractivity contribution in [1.29, 1.82) is 0 Å². The van der Waals surface area contributed by atoms with Crippen molar-refractivity contribution in [2.75, 3.05) is 24.5 Å². The van der Waals surface area contributed by atoms with Crippen molar-refractivity contribution in [2.45, 2.75) is 26.2 Å². The molecule has 0 aliphatic carbocycles. The Morgan fingerprint density at radius 3 is 2.91 bits per heavy atom. The molecule has 5 heteroatoms. The van der Waals surface area contributed by atoms with Crippen LogP contribution in [-0.2, 0) is 11.2 Å². The Kier molecular flexibility index (Phi) is 5.28. The van der Waals surface area contributed by atoms with Crippen molar-refractivity contribution in [3.63, 3.8) is 0 Å². The molecular weight excluding hydrogens is 306 g/mol. The highest BCUT2D eigenvalue weighted by molar-refractivity contribution is 7.09. The Hall–Kier alpha value is -1.88. The van der Waals surface area contributed by atoms with Crippen molar-refractivity contribution in [3.8, 4) is 0 Å². The summed E-state index contributed by atoms with van der Waals surface area (Å²) < 4.78 is 0. The third-order valence-electron chi connectivity index (χ3n) is 4.36. The molecule has 1 amide bonds. The van der Waals surface area contributed by atoms with E-state index in [0.717, 1.165) is 44.6 Å². The molecule has 0 atom stereocenters. The highest BCUT2D eigenvalue weighted by Gasteiger charge is 2.24. The Bertz CT molecular complexity index is 633. The van der Waals surface area contributed by atoms with Crippen molar-refractivity contribution in [3.05, 3.63) is 46.4 Å². The van der Waals surface area contributed by atoms with Crippen LogP contribution in [0.4, 0.5) is 5.69 Å². The number of aromatic nitrogens is 1. The number of rotatable bonds is 5. The fourth-order valence-corrected chi connectivity index (χ4v) is 3.74. The van der Waals surface area contributed by atoms with Gasteiger partial charge < -0.3 is 10.2 Å². The Balaban J connectivity index is 1.44. The van der Waals surface area contributed by atoms with Gasteiger partial charge in [-0.1, -0.05) is 6.07 Å². The van der Waals surface area contributed by atoms with Crippen molar-refractivity contribution >= 4 is 22.9 Å². The molecule has 0 unspecified atom stereocenters. The van der Waals surface area contributed by atoms with E-state index < -0.39 is 0 Å². The highest BCUT2D eigenvalue weighted by Crippen LogP contribution is 2.23. The quantitative estimate of drug-likeness (QED) is 0.917. The number of anilines is 1. The predicted octanol–water partition coefficient (Wildman–Crippen LogP) is 3.03. The van der Waals surface area contributed by atoms with E-state index in [4.69, 9.17) is 0 Å². The minimum atomic E-state index is 0.150. The third kappa shape index (κ3) is 4.32. The van der Waals surface area contributed by atoms with Gasteiger partial charge in [0.25, 0.3) is 0 Å². The van der Waals surface area contributed by atoms with Gasteiger partial charge in [0, 0.05) is 48.0 Å². The van der Waals surface area contributed by atoms with Gasteiger partial charge >= 0.3 is 0 Å². The van der Waals surface area contributed by atoms with Gasteiger partial charge in [-0.25, -0.2) is 0 Å². The lowest BCUT2D eigenvalue weighted by Crippen LogP contribution is -2.41. The van der Waals surface area contributed by atoms with Crippen LogP contribution in [0.25, 0.3) is 0 Å². The fourth-order valence-electron chi connectivity index (χ4n) is 3.04. The van der Waals surface area contributed by atoms with E-state index in [2.05, 4.69) is 44.8 Å². The molecule has 23 heavy (non-hydrogen) atoms. The van der Waals surface area contributed by atoms with Gasteiger partial charge in [-0.3, -0.25) is 9.78 Å². The zero-order valence-electron chi connectivity index (χ0n) is 13.5. The number of carbonyl (C=O) groups is 1. The van der Waals surface area contributed by atoms with Crippen LogP contribution in [0.15, 0.2) is 35.8 Å². The minimum Gasteiger partial charge on any atom is -0.371 e. The summed E-state index contributed by atoms with van der Waals surface area (Å²) in [6, 6.07) is 8.33. The van der Waals surface area contributed by atoms with E-state index in [9.17, 15) is 4.79 Å². The molecule has 3 rings (SSSR count). The van der Waals surface area contributed by atoms with Crippen LogP contribution in [0.1, 0.15) is 23.4 Å². The molecule has 1 aliphatic heterocycles. The monoisotopic (exact) mass is 329 g/mol. The molecule has 0 spiro atoms. The first-order chi connectivity index (χ1) is 11.2. The second-order valence-electron chi connectivity index (χ2n) is 6.04. The van der Waals surface area contributed by atoms with Gasteiger partial charge in [0.05, 0.1) is 0 Å². The molecule has 0 radical (unpaired) electrons. The van der Waals surface area contributed by atoms with E-state index >= 15 is 0 Å². The molecule has 0 bridgehead atoms. The second kappa shape index (κ2) is 7.59. The number of aryl methyl sites for hydroxylation is 1. The standard InChI is InChI=1S/C18H23N3OS/c1-14-13-16(4-8-19-14)21-10-6-15(7-11-21)18(22)20-9-5-17-3-2-12-23-17/h2-4,8,12-13,15H,5-7,9-11H2,1H3,(H,20,22). The smallest absolute Gasteiger partial charge is 0.223 e. The summed E-state index contributed by atoms with van der Waals surface area (Å²) in [6.07, 6.45) is 4.63. The fraction of sp³-hybridized carbons (Fsp3) is 0.444. The van der Waals surface area contributed by atoms with Gasteiger partial charge in [0.15, 0.2) is 0 Å². The maximum atomic E-state index is 12.3. The summed E-state index contributed by atoms with van der Waals surface area (Å²) in [5, 5.41) is 5.17. The SMILES string of the molecule is Cc1cc(N2CCC(C(=O)NCCc3cccs3)CC2)ccn1. The van der Waals surface area contributed by atoms with Crippen LogP contribution in [-0.4, -0.2) is 30.5 Å². The molecule has 2 aromatic heterocycles. The van der Waals surface area contributed by atoms with E-state index in [1.165, 1.54) is 10.6 Å². The van der Waals surface area contributed by atoms with E-state index in [-0.39, 0.29) is 11.8 Å². The molecule has 1 aliphatic rings. The predicted molar refractivity (Wildman–Crippen MR) is 94.9 cm³/mol. The average molecular weight is 329 g/mol. The normalized spacial score (nSPS) is 15.6. The van der Waals surface area contributed by atoms with Gasteiger partial charge in [0.1, 0.15) is 0 Å². The zero-order valence-corrected chi connectivity index (χ0v) is 14.3. The van der Waals surface area contributed by atoms with Crippen LogP contribution in [0.5, 0.6) is 0 Å². The average Bonchev–Trinajstić information content (AvgIpc) is 3.08. The number of nitrogens with zero attached hydrogens (tertiary/aromatic N) is 2. The van der Waals surface area contributed by atoms with E-state index in [0.29, 0.717) is 0 Å². The Morgan fingerprint density at radius 2 is 2.22 bits per heavy atom. The van der Waals surface area contributed by atoms with Crippen molar-refractivity contribution in [2.24, 2.45) is 5.92 Å². The summed E-state index contributed by atoms with van der Waals surface area (Å²) in [7, 11) is 0.